The Bertz CT molecular complexity index is 946. The Hall–Kier alpha value is -2.39. The molecule has 7 nitrogen and oxygen atoms in total. The molecule has 138 valence electrons. The minimum Gasteiger partial charge on any atom is -0.311 e. The molecular formula is C18H18N6OS2. The van der Waals surface area contributed by atoms with Gasteiger partial charge in [0.15, 0.2) is 10.3 Å². The first-order chi connectivity index (χ1) is 13.2. The van der Waals surface area contributed by atoms with Crippen molar-refractivity contribution in [3.63, 3.8) is 0 Å². The third-order valence-corrected chi connectivity index (χ3v) is 6.19. The smallest absolute Gasteiger partial charge is 0.237 e. The van der Waals surface area contributed by atoms with Gasteiger partial charge in [-0.25, -0.2) is 9.97 Å². The van der Waals surface area contributed by atoms with Gasteiger partial charge in [-0.3, -0.25) is 4.79 Å². The van der Waals surface area contributed by atoms with Crippen LogP contribution in [0.25, 0.3) is 0 Å². The molecule has 27 heavy (non-hydrogen) atoms. The number of carbonyl (C=O) groups is 1. The van der Waals surface area contributed by atoms with Crippen LogP contribution >= 0.6 is 23.5 Å². The number of nitrogens with zero attached hydrogens (tertiary/aromatic N) is 6. The fourth-order valence-electron chi connectivity index (χ4n) is 2.89. The average molecular weight is 399 g/mol. The number of anilines is 1. The molecule has 0 unspecified atom stereocenters. The van der Waals surface area contributed by atoms with Crippen LogP contribution in [-0.4, -0.2) is 42.9 Å². The lowest BCUT2D eigenvalue weighted by Gasteiger charge is -2.16. The van der Waals surface area contributed by atoms with Gasteiger partial charge in [-0.05, 0) is 24.1 Å². The van der Waals surface area contributed by atoms with Crippen molar-refractivity contribution >= 4 is 35.1 Å². The van der Waals surface area contributed by atoms with Crippen molar-refractivity contribution in [2.45, 2.75) is 22.5 Å². The number of benzene rings is 1. The number of hydrogen-bond acceptors (Lipinski definition) is 7. The number of amides is 1. The molecule has 9 heteroatoms. The molecule has 3 aromatic rings. The molecule has 4 rings (SSSR count). The van der Waals surface area contributed by atoms with E-state index in [1.807, 2.05) is 34.7 Å². The van der Waals surface area contributed by atoms with E-state index in [0.717, 1.165) is 29.6 Å². The summed E-state index contributed by atoms with van der Waals surface area (Å²) in [6, 6.07) is 9.87. The first-order valence-corrected chi connectivity index (χ1v) is 10.5. The van der Waals surface area contributed by atoms with E-state index in [1.165, 1.54) is 29.1 Å². The predicted octanol–water partition coefficient (Wildman–Crippen LogP) is 2.58. The zero-order chi connectivity index (χ0) is 18.6. The number of aromatic nitrogens is 5. The van der Waals surface area contributed by atoms with E-state index in [1.54, 1.807) is 18.5 Å². The summed E-state index contributed by atoms with van der Waals surface area (Å²) >= 11 is 2.92. The molecule has 2 aromatic heterocycles. The van der Waals surface area contributed by atoms with E-state index < -0.39 is 0 Å². The van der Waals surface area contributed by atoms with Crippen LogP contribution in [0.1, 0.15) is 11.4 Å². The van der Waals surface area contributed by atoms with Crippen LogP contribution in [0, 0.1) is 0 Å². The minimum absolute atomic E-state index is 0.0987. The number of thioether (sulfide) groups is 2. The van der Waals surface area contributed by atoms with Crippen molar-refractivity contribution in [2.75, 3.05) is 17.2 Å². The van der Waals surface area contributed by atoms with Crippen molar-refractivity contribution in [1.29, 1.82) is 0 Å². The van der Waals surface area contributed by atoms with Crippen LogP contribution in [-0.2, 0) is 24.0 Å². The molecule has 0 radical (unpaired) electrons. The molecule has 0 atom stereocenters. The van der Waals surface area contributed by atoms with Gasteiger partial charge in [0, 0.05) is 31.7 Å². The van der Waals surface area contributed by atoms with E-state index in [-0.39, 0.29) is 5.91 Å². The lowest BCUT2D eigenvalue weighted by atomic mass is 10.2. The van der Waals surface area contributed by atoms with Crippen molar-refractivity contribution in [1.82, 2.24) is 24.7 Å². The van der Waals surface area contributed by atoms with Gasteiger partial charge in [-0.1, -0.05) is 41.7 Å². The van der Waals surface area contributed by atoms with Gasteiger partial charge in [-0.2, -0.15) is 0 Å². The fourth-order valence-corrected chi connectivity index (χ4v) is 4.47. The van der Waals surface area contributed by atoms with Gasteiger partial charge in [0.2, 0.25) is 5.91 Å². The second-order valence-corrected chi connectivity index (χ2v) is 7.88. The molecule has 1 aromatic carbocycles. The summed E-state index contributed by atoms with van der Waals surface area (Å²) in [5.41, 5.74) is 2.26. The molecule has 0 fully saturated rings. The fraction of sp³-hybridized carbons (Fsp3) is 0.278. The van der Waals surface area contributed by atoms with E-state index in [0.29, 0.717) is 16.7 Å². The summed E-state index contributed by atoms with van der Waals surface area (Å²) in [6.45, 7) is 0.747. The maximum Gasteiger partial charge on any atom is 0.237 e. The first kappa shape index (κ1) is 18.0. The summed E-state index contributed by atoms with van der Waals surface area (Å²) in [5, 5.41) is 9.90. The molecule has 0 bridgehead atoms. The Kier molecular flexibility index (Phi) is 5.40. The molecule has 1 aliphatic rings. The van der Waals surface area contributed by atoms with E-state index in [4.69, 9.17) is 0 Å². The van der Waals surface area contributed by atoms with Crippen LogP contribution in [0.5, 0.6) is 0 Å². The number of carbonyl (C=O) groups excluding carboxylic acids is 1. The lowest BCUT2D eigenvalue weighted by molar-refractivity contribution is -0.116. The zero-order valence-corrected chi connectivity index (χ0v) is 16.4. The quantitative estimate of drug-likeness (QED) is 0.466. The third-order valence-electron chi connectivity index (χ3n) is 4.31. The van der Waals surface area contributed by atoms with E-state index >= 15 is 0 Å². The van der Waals surface area contributed by atoms with Crippen molar-refractivity contribution < 1.29 is 4.79 Å². The Labute approximate surface area is 165 Å². The summed E-state index contributed by atoms with van der Waals surface area (Å²) < 4.78 is 1.92. The molecule has 1 amide bonds. The zero-order valence-electron chi connectivity index (χ0n) is 14.8. The topological polar surface area (TPSA) is 76.8 Å². The highest BCUT2D eigenvalue weighted by Crippen LogP contribution is 2.29. The SMILES string of the molecule is Cn1c(CSc2ncccn2)nnc1SCC(=O)N1CCc2ccccc21. The Morgan fingerprint density at radius 2 is 1.93 bits per heavy atom. The maximum absolute atomic E-state index is 12.6. The highest BCUT2D eigenvalue weighted by atomic mass is 32.2. The number of para-hydroxylation sites is 1. The van der Waals surface area contributed by atoms with Gasteiger partial charge in [-0.15, -0.1) is 10.2 Å². The summed E-state index contributed by atoms with van der Waals surface area (Å²) in [6.07, 6.45) is 4.35. The van der Waals surface area contributed by atoms with Crippen molar-refractivity contribution in [2.24, 2.45) is 7.05 Å². The molecule has 0 saturated heterocycles. The average Bonchev–Trinajstić information content (AvgIpc) is 3.29. The van der Waals surface area contributed by atoms with Gasteiger partial charge in [0.05, 0.1) is 11.5 Å². The van der Waals surface area contributed by atoms with Crippen LogP contribution in [0.4, 0.5) is 5.69 Å². The van der Waals surface area contributed by atoms with Crippen molar-refractivity contribution in [3.05, 3.63) is 54.1 Å². The lowest BCUT2D eigenvalue weighted by Crippen LogP contribution is -2.30. The molecule has 1 aliphatic heterocycles. The van der Waals surface area contributed by atoms with Gasteiger partial charge in [0.1, 0.15) is 5.82 Å². The van der Waals surface area contributed by atoms with Crippen LogP contribution < -0.4 is 4.90 Å². The van der Waals surface area contributed by atoms with Crippen molar-refractivity contribution in [3.8, 4) is 0 Å². The highest BCUT2D eigenvalue weighted by molar-refractivity contribution is 7.99. The molecule has 0 spiro atoms. The highest BCUT2D eigenvalue weighted by Gasteiger charge is 2.24. The second kappa shape index (κ2) is 8.10. The summed E-state index contributed by atoms with van der Waals surface area (Å²) in [7, 11) is 1.92. The molecule has 0 N–H and O–H groups in total. The Balaban J connectivity index is 1.35. The summed E-state index contributed by atoms with van der Waals surface area (Å²) in [5.74, 6) is 1.90. The number of hydrogen-bond donors (Lipinski definition) is 0. The minimum atomic E-state index is 0.0987. The Morgan fingerprint density at radius 1 is 1.11 bits per heavy atom. The molecule has 0 aliphatic carbocycles. The maximum atomic E-state index is 12.6. The first-order valence-electron chi connectivity index (χ1n) is 8.51. The largest absolute Gasteiger partial charge is 0.311 e. The van der Waals surface area contributed by atoms with E-state index in [2.05, 4.69) is 26.2 Å². The van der Waals surface area contributed by atoms with Crippen LogP contribution in [0.3, 0.4) is 0 Å². The van der Waals surface area contributed by atoms with Gasteiger partial charge in [0.25, 0.3) is 0 Å². The second-order valence-electron chi connectivity index (χ2n) is 5.99. The predicted molar refractivity (Wildman–Crippen MR) is 106 cm³/mol. The molecule has 0 saturated carbocycles. The number of rotatable bonds is 6. The number of fused-ring (bicyclic) bond motifs is 1. The van der Waals surface area contributed by atoms with Crippen LogP contribution in [0.15, 0.2) is 53.0 Å². The summed E-state index contributed by atoms with van der Waals surface area (Å²) in [4.78, 5) is 22.9. The standard InChI is InChI=1S/C18H18N6OS2/c1-23-15(11-26-17-19-8-4-9-20-17)21-22-18(23)27-12-16(25)24-10-7-13-5-2-3-6-14(13)24/h2-6,8-9H,7,10-12H2,1H3. The molecule has 3 heterocycles. The third kappa shape index (κ3) is 3.98. The van der Waals surface area contributed by atoms with E-state index in [9.17, 15) is 4.79 Å². The van der Waals surface area contributed by atoms with Crippen LogP contribution in [0.2, 0.25) is 0 Å². The normalized spacial score (nSPS) is 13.0. The molecular weight excluding hydrogens is 380 g/mol. The van der Waals surface area contributed by atoms with Gasteiger partial charge < -0.3 is 9.47 Å². The monoisotopic (exact) mass is 398 g/mol. The van der Waals surface area contributed by atoms with Gasteiger partial charge >= 0.3 is 0 Å². The Morgan fingerprint density at radius 3 is 2.78 bits per heavy atom.